The number of alkyl halides is 1. The predicted molar refractivity (Wildman–Crippen MR) is 155 cm³/mol. The van der Waals surface area contributed by atoms with Crippen molar-refractivity contribution in [1.29, 1.82) is 0 Å². The third-order valence-electron chi connectivity index (χ3n) is 8.18. The highest BCUT2D eigenvalue weighted by molar-refractivity contribution is 6.08. The van der Waals surface area contributed by atoms with Crippen molar-refractivity contribution in [3.63, 3.8) is 0 Å². The van der Waals surface area contributed by atoms with Gasteiger partial charge in [0.15, 0.2) is 5.78 Å². The van der Waals surface area contributed by atoms with Crippen LogP contribution in [0.4, 0.5) is 10.1 Å². The first-order valence-corrected chi connectivity index (χ1v) is 14.1. The number of rotatable bonds is 7. The Morgan fingerprint density at radius 3 is 2.67 bits per heavy atom. The maximum Gasteiger partial charge on any atom is 0.243 e. The molecule has 12 heteroatoms. The standard InChI is InChI=1S/C30H33FN8O3/c1-19(40)26-17-38(27-6-5-20(10-25(26)27)21-7-8-32-33-12-21)18-29(41)39-14-22(31)11-28(39)30(42)35-23-4-3-9-37(15-23)24-13-34-36(2)16-24/h5-8,10,12-13,16-17,22-23,28H,3-4,9,11,14-15,18H2,1-2H3,(H,35,42). The molecule has 3 aromatic heterocycles. The van der Waals surface area contributed by atoms with Gasteiger partial charge in [-0.3, -0.25) is 19.1 Å². The molecule has 4 aromatic rings. The molecule has 2 amide bonds. The van der Waals surface area contributed by atoms with Crippen LogP contribution in [0.1, 0.15) is 36.5 Å². The van der Waals surface area contributed by atoms with Crippen LogP contribution >= 0.6 is 0 Å². The predicted octanol–water partition coefficient (Wildman–Crippen LogP) is 2.76. The molecule has 0 bridgehead atoms. The van der Waals surface area contributed by atoms with E-state index < -0.39 is 12.2 Å². The molecule has 11 nitrogen and oxygen atoms in total. The third kappa shape index (κ3) is 5.48. The van der Waals surface area contributed by atoms with Crippen LogP contribution in [0.3, 0.4) is 0 Å². The Morgan fingerprint density at radius 2 is 1.93 bits per heavy atom. The zero-order valence-corrected chi connectivity index (χ0v) is 23.6. The number of halogens is 1. The first kappa shape index (κ1) is 27.6. The number of fused-ring (bicyclic) bond motifs is 1. The monoisotopic (exact) mass is 572 g/mol. The Kier molecular flexibility index (Phi) is 7.44. The molecule has 3 atom stereocenters. The van der Waals surface area contributed by atoms with Crippen LogP contribution in [0, 0.1) is 0 Å². The number of hydrogen-bond donors (Lipinski definition) is 1. The minimum atomic E-state index is -1.28. The molecule has 3 unspecified atom stereocenters. The highest BCUT2D eigenvalue weighted by Crippen LogP contribution is 2.29. The number of aryl methyl sites for hydroxylation is 1. The zero-order valence-electron chi connectivity index (χ0n) is 23.6. The minimum Gasteiger partial charge on any atom is -0.367 e. The van der Waals surface area contributed by atoms with Crippen molar-refractivity contribution in [2.45, 2.75) is 51.0 Å². The SMILES string of the molecule is CC(=O)c1cn(CC(=O)N2CC(F)CC2C(=O)NC2CCCN(c3cnn(C)c3)C2)c2ccc(-c3ccnnc3)cc12. The Hall–Kier alpha value is -4.61. The normalized spacial score (nSPS) is 20.7. The fourth-order valence-corrected chi connectivity index (χ4v) is 6.09. The van der Waals surface area contributed by atoms with Gasteiger partial charge in [-0.05, 0) is 43.5 Å². The number of aromatic nitrogens is 5. The first-order chi connectivity index (χ1) is 20.3. The van der Waals surface area contributed by atoms with Crippen molar-refractivity contribution in [2.75, 3.05) is 24.5 Å². The average molecular weight is 573 g/mol. The van der Waals surface area contributed by atoms with E-state index in [9.17, 15) is 18.8 Å². The largest absolute Gasteiger partial charge is 0.367 e. The summed E-state index contributed by atoms with van der Waals surface area (Å²) < 4.78 is 18.1. The topological polar surface area (TPSA) is 118 Å². The third-order valence-corrected chi connectivity index (χ3v) is 8.18. The summed E-state index contributed by atoms with van der Waals surface area (Å²) in [4.78, 5) is 43.0. The summed E-state index contributed by atoms with van der Waals surface area (Å²) in [6.45, 7) is 2.72. The zero-order chi connectivity index (χ0) is 29.4. The Morgan fingerprint density at radius 1 is 1.07 bits per heavy atom. The molecule has 2 saturated heterocycles. The number of nitrogens with zero attached hydrogens (tertiary/aromatic N) is 7. The van der Waals surface area contributed by atoms with Gasteiger partial charge < -0.3 is 19.7 Å². The van der Waals surface area contributed by atoms with E-state index in [2.05, 4.69) is 25.5 Å². The van der Waals surface area contributed by atoms with Crippen LogP contribution in [0.2, 0.25) is 0 Å². The molecule has 218 valence electrons. The van der Waals surface area contributed by atoms with Gasteiger partial charge in [0.2, 0.25) is 11.8 Å². The van der Waals surface area contributed by atoms with Crippen LogP contribution in [0.15, 0.2) is 55.2 Å². The lowest BCUT2D eigenvalue weighted by molar-refractivity contribution is -0.139. The van der Waals surface area contributed by atoms with E-state index in [-0.39, 0.29) is 43.1 Å². The quantitative estimate of drug-likeness (QED) is 0.339. The van der Waals surface area contributed by atoms with Gasteiger partial charge in [-0.1, -0.05) is 6.07 Å². The van der Waals surface area contributed by atoms with Crippen LogP contribution in [0.25, 0.3) is 22.0 Å². The van der Waals surface area contributed by atoms with Crippen LogP contribution in [0.5, 0.6) is 0 Å². The molecular formula is C30H33FN8O3. The average Bonchev–Trinajstić information content (AvgIpc) is 3.70. The molecule has 0 radical (unpaired) electrons. The molecular weight excluding hydrogens is 539 g/mol. The second-order valence-electron chi connectivity index (χ2n) is 11.2. The van der Waals surface area contributed by atoms with Crippen molar-refractivity contribution < 1.29 is 18.8 Å². The summed E-state index contributed by atoms with van der Waals surface area (Å²) in [7, 11) is 1.86. The minimum absolute atomic E-state index is 0.0366. The fourth-order valence-electron chi connectivity index (χ4n) is 6.09. The summed E-state index contributed by atoms with van der Waals surface area (Å²) in [5, 5.41) is 15.8. The molecule has 2 fully saturated rings. The molecule has 6 rings (SSSR count). The van der Waals surface area contributed by atoms with Crippen LogP contribution in [-0.4, -0.2) is 84.9 Å². The van der Waals surface area contributed by atoms with Crippen molar-refractivity contribution in [2.24, 2.45) is 7.05 Å². The number of carbonyl (C=O) groups is 3. The van der Waals surface area contributed by atoms with E-state index in [0.29, 0.717) is 23.0 Å². The Balaban J connectivity index is 1.18. The molecule has 2 aliphatic rings. The van der Waals surface area contributed by atoms with Gasteiger partial charge in [0.05, 0.1) is 30.8 Å². The number of piperidine rings is 1. The van der Waals surface area contributed by atoms with Gasteiger partial charge in [-0.15, -0.1) is 0 Å². The number of carbonyl (C=O) groups excluding carboxylic acids is 3. The van der Waals surface area contributed by atoms with Gasteiger partial charge in [-0.2, -0.15) is 15.3 Å². The summed E-state index contributed by atoms with van der Waals surface area (Å²) in [6.07, 6.45) is 9.03. The summed E-state index contributed by atoms with van der Waals surface area (Å²) in [6, 6.07) is 6.48. The van der Waals surface area contributed by atoms with E-state index in [1.165, 1.54) is 11.8 Å². The highest BCUT2D eigenvalue weighted by atomic mass is 19.1. The molecule has 1 aromatic carbocycles. The van der Waals surface area contributed by atoms with E-state index >= 15 is 0 Å². The number of benzene rings is 1. The molecule has 0 saturated carbocycles. The molecule has 5 heterocycles. The summed E-state index contributed by atoms with van der Waals surface area (Å²) >= 11 is 0. The molecule has 0 aliphatic carbocycles. The van der Waals surface area contributed by atoms with E-state index in [4.69, 9.17) is 0 Å². The lowest BCUT2D eigenvalue weighted by Crippen LogP contribution is -2.53. The number of ketones is 1. The molecule has 2 aliphatic heterocycles. The smallest absolute Gasteiger partial charge is 0.243 e. The number of anilines is 1. The highest BCUT2D eigenvalue weighted by Gasteiger charge is 2.40. The van der Waals surface area contributed by atoms with Crippen molar-refractivity contribution >= 4 is 34.2 Å². The molecule has 42 heavy (non-hydrogen) atoms. The molecule has 0 spiro atoms. The number of amides is 2. The number of Topliss-reactive ketones (excluding diaryl/α,β-unsaturated/α-hetero) is 1. The lowest BCUT2D eigenvalue weighted by Gasteiger charge is -2.35. The Bertz CT molecular complexity index is 1630. The second kappa shape index (κ2) is 11.3. The first-order valence-electron chi connectivity index (χ1n) is 14.1. The maximum atomic E-state index is 14.7. The van der Waals surface area contributed by atoms with E-state index in [0.717, 1.165) is 36.2 Å². The maximum absolute atomic E-state index is 14.7. The number of likely N-dealkylation sites (tertiary alicyclic amines) is 1. The van der Waals surface area contributed by atoms with Crippen molar-refractivity contribution in [1.82, 2.24) is 34.8 Å². The van der Waals surface area contributed by atoms with Gasteiger partial charge in [-0.25, -0.2) is 4.39 Å². The molecule has 1 N–H and O–H groups in total. The van der Waals surface area contributed by atoms with Gasteiger partial charge in [0.1, 0.15) is 18.8 Å². The van der Waals surface area contributed by atoms with Gasteiger partial charge in [0.25, 0.3) is 0 Å². The second-order valence-corrected chi connectivity index (χ2v) is 11.2. The lowest BCUT2D eigenvalue weighted by atomic mass is 10.0. The number of hydrogen-bond acceptors (Lipinski definition) is 7. The van der Waals surface area contributed by atoms with Crippen LogP contribution < -0.4 is 10.2 Å². The van der Waals surface area contributed by atoms with Gasteiger partial charge >= 0.3 is 0 Å². The van der Waals surface area contributed by atoms with E-state index in [1.807, 2.05) is 37.5 Å². The van der Waals surface area contributed by atoms with Gasteiger partial charge in [0, 0.05) is 67.0 Å². The summed E-state index contributed by atoms with van der Waals surface area (Å²) in [5.74, 6) is -0.837. The van der Waals surface area contributed by atoms with Crippen molar-refractivity contribution in [3.8, 4) is 11.1 Å². The fraction of sp³-hybridized carbons (Fsp3) is 0.400. The van der Waals surface area contributed by atoms with Crippen LogP contribution in [-0.2, 0) is 23.2 Å². The van der Waals surface area contributed by atoms with Crippen molar-refractivity contribution in [3.05, 3.63) is 60.8 Å². The Labute approximate surface area is 242 Å². The summed E-state index contributed by atoms with van der Waals surface area (Å²) in [5.41, 5.74) is 3.90. The van der Waals surface area contributed by atoms with E-state index in [1.54, 1.807) is 34.0 Å². The number of nitrogens with one attached hydrogen (secondary N) is 1.